The van der Waals surface area contributed by atoms with Crippen LogP contribution in [0.1, 0.15) is 54.9 Å². The fourth-order valence-electron chi connectivity index (χ4n) is 3.72. The lowest BCUT2D eigenvalue weighted by molar-refractivity contribution is 0.473. The minimum Gasteiger partial charge on any atom is -0.357 e. The van der Waals surface area contributed by atoms with E-state index in [1.807, 2.05) is 31.0 Å². The number of benzene rings is 1. The van der Waals surface area contributed by atoms with Gasteiger partial charge in [-0.3, -0.25) is 4.68 Å². The van der Waals surface area contributed by atoms with Crippen LogP contribution in [0.2, 0.25) is 0 Å². The first-order valence-corrected chi connectivity index (χ1v) is 10.9. The Morgan fingerprint density at radius 2 is 2.03 bits per heavy atom. The lowest BCUT2D eigenvalue weighted by Gasteiger charge is -2.22. The van der Waals surface area contributed by atoms with Gasteiger partial charge in [0.05, 0.1) is 12.2 Å². The highest BCUT2D eigenvalue weighted by atomic mass is 15.3. The number of nitrogens with one attached hydrogen (secondary N) is 1. The quantitative estimate of drug-likeness (QED) is 0.445. The zero-order valence-corrected chi connectivity index (χ0v) is 19.6. The zero-order valence-electron chi connectivity index (χ0n) is 19.6. The third-order valence-corrected chi connectivity index (χ3v) is 5.27. The van der Waals surface area contributed by atoms with Crippen LogP contribution in [0, 0.1) is 6.92 Å². The van der Waals surface area contributed by atoms with Crippen molar-refractivity contribution < 1.29 is 0 Å². The van der Waals surface area contributed by atoms with Crippen LogP contribution < -0.4 is 5.32 Å². The van der Waals surface area contributed by atoms with Gasteiger partial charge in [0.2, 0.25) is 0 Å². The zero-order chi connectivity index (χ0) is 22.4. The molecule has 0 bridgehead atoms. The first kappa shape index (κ1) is 22.6. The molecule has 2 heterocycles. The maximum atomic E-state index is 4.90. The van der Waals surface area contributed by atoms with Gasteiger partial charge in [-0.1, -0.05) is 38.1 Å². The van der Waals surface area contributed by atoms with Gasteiger partial charge < -0.3 is 14.8 Å². The predicted molar refractivity (Wildman–Crippen MR) is 126 cm³/mol. The third kappa shape index (κ3) is 5.96. The molecule has 0 atom stereocenters. The molecule has 3 aromatic rings. The van der Waals surface area contributed by atoms with E-state index >= 15 is 0 Å². The highest BCUT2D eigenvalue weighted by molar-refractivity contribution is 5.79. The third-order valence-electron chi connectivity index (χ3n) is 5.27. The highest BCUT2D eigenvalue weighted by Gasteiger charge is 2.15. The Morgan fingerprint density at radius 3 is 2.71 bits per heavy atom. The highest BCUT2D eigenvalue weighted by Crippen LogP contribution is 2.18. The molecule has 0 saturated carbocycles. The number of rotatable bonds is 8. The van der Waals surface area contributed by atoms with Gasteiger partial charge in [-0.15, -0.1) is 0 Å². The smallest absolute Gasteiger partial charge is 0.194 e. The Hall–Kier alpha value is -3.09. The van der Waals surface area contributed by atoms with Gasteiger partial charge in [0, 0.05) is 57.9 Å². The number of aromatic nitrogens is 4. The molecular weight excluding hydrogens is 386 g/mol. The normalized spacial score (nSPS) is 11.9. The molecule has 166 valence electrons. The number of imidazole rings is 1. The first-order valence-electron chi connectivity index (χ1n) is 10.9. The van der Waals surface area contributed by atoms with E-state index in [9.17, 15) is 0 Å². The van der Waals surface area contributed by atoms with E-state index in [-0.39, 0.29) is 0 Å². The van der Waals surface area contributed by atoms with Crippen molar-refractivity contribution in [1.82, 2.24) is 29.5 Å². The van der Waals surface area contributed by atoms with E-state index < -0.39 is 0 Å². The van der Waals surface area contributed by atoms with Crippen molar-refractivity contribution in [3.63, 3.8) is 0 Å². The van der Waals surface area contributed by atoms with E-state index in [1.54, 1.807) is 0 Å². The van der Waals surface area contributed by atoms with Gasteiger partial charge in [-0.2, -0.15) is 5.10 Å². The molecule has 1 N–H and O–H groups in total. The Kier molecular flexibility index (Phi) is 7.50. The number of nitrogens with zero attached hydrogens (tertiary/aromatic N) is 6. The van der Waals surface area contributed by atoms with E-state index in [2.05, 4.69) is 83.1 Å². The summed E-state index contributed by atoms with van der Waals surface area (Å²) in [5, 5.41) is 8.05. The van der Waals surface area contributed by atoms with Crippen LogP contribution >= 0.6 is 0 Å². The molecule has 0 aliphatic rings. The molecule has 0 radical (unpaired) electrons. The van der Waals surface area contributed by atoms with Crippen molar-refractivity contribution in [2.75, 3.05) is 13.6 Å². The largest absolute Gasteiger partial charge is 0.357 e. The van der Waals surface area contributed by atoms with Crippen LogP contribution in [-0.2, 0) is 26.7 Å². The van der Waals surface area contributed by atoms with Gasteiger partial charge in [0.1, 0.15) is 5.82 Å². The number of guanidine groups is 1. The minimum absolute atomic E-state index is 0.394. The van der Waals surface area contributed by atoms with E-state index in [4.69, 9.17) is 4.99 Å². The molecule has 3 rings (SSSR count). The fraction of sp³-hybridized carbons (Fsp3) is 0.458. The molecule has 0 amide bonds. The summed E-state index contributed by atoms with van der Waals surface area (Å²) < 4.78 is 4.05. The van der Waals surface area contributed by atoms with Gasteiger partial charge >= 0.3 is 0 Å². The Morgan fingerprint density at radius 1 is 1.26 bits per heavy atom. The van der Waals surface area contributed by atoms with Crippen LogP contribution in [0.5, 0.6) is 0 Å². The van der Waals surface area contributed by atoms with Crippen LogP contribution in [0.3, 0.4) is 0 Å². The van der Waals surface area contributed by atoms with Gasteiger partial charge in [-0.05, 0) is 30.9 Å². The lowest BCUT2D eigenvalue weighted by atomic mass is 10.1. The molecule has 0 unspecified atom stereocenters. The number of hydrogen-bond acceptors (Lipinski definition) is 3. The summed E-state index contributed by atoms with van der Waals surface area (Å²) in [6, 6.07) is 8.62. The molecule has 0 spiro atoms. The van der Waals surface area contributed by atoms with Gasteiger partial charge in [0.15, 0.2) is 5.96 Å². The molecule has 0 aliphatic heterocycles. The van der Waals surface area contributed by atoms with Crippen molar-refractivity contribution in [2.45, 2.75) is 53.2 Å². The van der Waals surface area contributed by atoms with Crippen LogP contribution in [-0.4, -0.2) is 43.8 Å². The summed E-state index contributed by atoms with van der Waals surface area (Å²) in [6.07, 6.45) is 5.97. The second-order valence-electron chi connectivity index (χ2n) is 8.32. The standard InChI is InChI=1S/C24H35N7/c1-7-25-24(29(5)16-22-17-30(6)28-23(22)18(2)3)27-14-20-9-8-10-21(13-20)15-31-12-11-26-19(31)4/h8-13,17-18H,7,14-16H2,1-6H3,(H,25,27). The summed E-state index contributed by atoms with van der Waals surface area (Å²) in [6.45, 7) is 11.5. The Balaban J connectivity index is 1.72. The average Bonchev–Trinajstić information content (AvgIpc) is 3.30. The molecular formula is C24H35N7. The van der Waals surface area contributed by atoms with Crippen LogP contribution in [0.25, 0.3) is 0 Å². The summed E-state index contributed by atoms with van der Waals surface area (Å²) in [7, 11) is 4.06. The molecule has 0 fully saturated rings. The molecule has 0 saturated heterocycles. The number of aryl methyl sites for hydroxylation is 2. The van der Waals surface area contributed by atoms with Crippen molar-refractivity contribution in [3.8, 4) is 0 Å². The molecule has 0 aliphatic carbocycles. The fourth-order valence-corrected chi connectivity index (χ4v) is 3.72. The summed E-state index contributed by atoms with van der Waals surface area (Å²) in [5.74, 6) is 2.32. The molecule has 31 heavy (non-hydrogen) atoms. The van der Waals surface area contributed by atoms with Crippen molar-refractivity contribution in [3.05, 3.63) is 71.1 Å². The summed E-state index contributed by atoms with van der Waals surface area (Å²) in [5.41, 5.74) is 4.84. The first-order chi connectivity index (χ1) is 14.9. The SMILES string of the molecule is CCNC(=NCc1cccc(Cn2ccnc2C)c1)N(C)Cc1cn(C)nc1C(C)C. The lowest BCUT2D eigenvalue weighted by Crippen LogP contribution is -2.38. The van der Waals surface area contributed by atoms with Gasteiger partial charge in [-0.25, -0.2) is 9.98 Å². The number of aliphatic imine (C=N–C) groups is 1. The average molecular weight is 422 g/mol. The number of hydrogen-bond donors (Lipinski definition) is 1. The monoisotopic (exact) mass is 421 g/mol. The predicted octanol–water partition coefficient (Wildman–Crippen LogP) is 3.69. The van der Waals surface area contributed by atoms with E-state index in [0.717, 1.165) is 37.1 Å². The van der Waals surface area contributed by atoms with Crippen molar-refractivity contribution in [1.29, 1.82) is 0 Å². The minimum atomic E-state index is 0.394. The van der Waals surface area contributed by atoms with Crippen LogP contribution in [0.4, 0.5) is 0 Å². The summed E-state index contributed by atoms with van der Waals surface area (Å²) >= 11 is 0. The molecule has 7 nitrogen and oxygen atoms in total. The second-order valence-corrected chi connectivity index (χ2v) is 8.32. The Labute approximate surface area is 185 Å². The maximum Gasteiger partial charge on any atom is 0.194 e. The maximum absolute atomic E-state index is 4.90. The molecule has 7 heteroatoms. The van der Waals surface area contributed by atoms with Crippen molar-refractivity contribution >= 4 is 5.96 Å². The topological polar surface area (TPSA) is 63.3 Å². The van der Waals surface area contributed by atoms with Gasteiger partial charge in [0.25, 0.3) is 0 Å². The van der Waals surface area contributed by atoms with E-state index in [0.29, 0.717) is 12.5 Å². The van der Waals surface area contributed by atoms with Crippen molar-refractivity contribution in [2.24, 2.45) is 12.0 Å². The molecule has 2 aromatic heterocycles. The summed E-state index contributed by atoms with van der Waals surface area (Å²) in [4.78, 5) is 11.4. The second kappa shape index (κ2) is 10.3. The van der Waals surface area contributed by atoms with E-state index in [1.165, 1.54) is 16.7 Å². The van der Waals surface area contributed by atoms with Crippen LogP contribution in [0.15, 0.2) is 47.8 Å². The molecule has 1 aromatic carbocycles. The Bertz CT molecular complexity index is 1010.